The molecule has 0 saturated heterocycles. The van der Waals surface area contributed by atoms with Gasteiger partial charge in [0.2, 0.25) is 0 Å². The van der Waals surface area contributed by atoms with Gasteiger partial charge in [-0.1, -0.05) is 28.1 Å². The highest BCUT2D eigenvalue weighted by molar-refractivity contribution is 9.10. The van der Waals surface area contributed by atoms with Crippen LogP contribution in [-0.4, -0.2) is 15.5 Å². The summed E-state index contributed by atoms with van der Waals surface area (Å²) < 4.78 is 32.9. The van der Waals surface area contributed by atoms with Gasteiger partial charge < -0.3 is 4.74 Å². The minimum absolute atomic E-state index is 0.221. The first kappa shape index (κ1) is 16.3. The first-order valence-electron chi connectivity index (χ1n) is 5.97. The number of benzene rings is 2. The molecule has 0 unspecified atom stereocenters. The lowest BCUT2D eigenvalue weighted by atomic mass is 10.2. The van der Waals surface area contributed by atoms with Crippen LogP contribution in [0.2, 0.25) is 0 Å². The number of halogens is 2. The Balaban J connectivity index is 2.26. The summed E-state index contributed by atoms with van der Waals surface area (Å²) in [5.41, 5.74) is 1.48. The monoisotopic (exact) mass is 433 g/mol. The van der Waals surface area contributed by atoms with Gasteiger partial charge in [-0.25, -0.2) is 8.42 Å². The van der Waals surface area contributed by atoms with E-state index in [0.29, 0.717) is 21.2 Å². The molecule has 0 aliphatic heterocycles. The van der Waals surface area contributed by atoms with Crippen molar-refractivity contribution < 1.29 is 13.2 Å². The smallest absolute Gasteiger partial charge is 0.261 e. The van der Waals surface area contributed by atoms with Crippen molar-refractivity contribution in [1.29, 1.82) is 0 Å². The zero-order valence-electron chi connectivity index (χ0n) is 11.1. The number of rotatable bonds is 5. The number of hydrogen-bond donors (Lipinski definition) is 1. The number of methoxy groups -OCH3 is 1. The van der Waals surface area contributed by atoms with Crippen LogP contribution in [0.3, 0.4) is 0 Å². The largest absolute Gasteiger partial charge is 0.496 e. The second-order valence-corrected chi connectivity index (χ2v) is 7.33. The van der Waals surface area contributed by atoms with E-state index >= 15 is 0 Å². The Bertz CT molecular complexity index is 730. The predicted octanol–water partition coefficient (Wildman–Crippen LogP) is 4.15. The Morgan fingerprint density at radius 2 is 1.81 bits per heavy atom. The van der Waals surface area contributed by atoms with Crippen LogP contribution in [-0.2, 0) is 15.4 Å². The van der Waals surface area contributed by atoms with E-state index in [1.165, 1.54) is 0 Å². The third-order valence-electron chi connectivity index (χ3n) is 2.79. The summed E-state index contributed by atoms with van der Waals surface area (Å²) >= 11 is 6.65. The van der Waals surface area contributed by atoms with Crippen molar-refractivity contribution in [3.8, 4) is 5.75 Å². The van der Waals surface area contributed by atoms with E-state index in [1.807, 2.05) is 0 Å². The lowest BCUT2D eigenvalue weighted by Crippen LogP contribution is -2.12. The average Bonchev–Trinajstić information content (AvgIpc) is 2.47. The molecule has 0 aromatic heterocycles. The van der Waals surface area contributed by atoms with Gasteiger partial charge in [-0.3, -0.25) is 4.72 Å². The molecule has 0 spiro atoms. The van der Waals surface area contributed by atoms with Gasteiger partial charge in [-0.2, -0.15) is 0 Å². The number of hydrogen-bond acceptors (Lipinski definition) is 3. The molecule has 0 amide bonds. The molecular weight excluding hydrogens is 422 g/mol. The molecule has 0 atom stereocenters. The molecule has 112 valence electrons. The molecule has 0 aliphatic carbocycles. The van der Waals surface area contributed by atoms with E-state index in [4.69, 9.17) is 4.74 Å². The summed E-state index contributed by atoms with van der Waals surface area (Å²) in [7, 11) is -2.05. The van der Waals surface area contributed by atoms with E-state index in [-0.39, 0.29) is 4.90 Å². The molecule has 0 aliphatic rings. The summed E-state index contributed by atoms with van der Waals surface area (Å²) in [6.07, 6.45) is 0. The van der Waals surface area contributed by atoms with Crippen molar-refractivity contribution in [1.82, 2.24) is 0 Å². The first-order chi connectivity index (χ1) is 9.96. The normalized spacial score (nSPS) is 11.2. The molecule has 0 heterocycles. The fourth-order valence-corrected chi connectivity index (χ4v) is 3.67. The van der Waals surface area contributed by atoms with E-state index in [1.54, 1.807) is 49.6 Å². The zero-order valence-corrected chi connectivity index (χ0v) is 15.1. The number of anilines is 1. The average molecular weight is 435 g/mol. The zero-order chi connectivity index (χ0) is 15.5. The van der Waals surface area contributed by atoms with Crippen LogP contribution in [0, 0.1) is 0 Å². The Hall–Kier alpha value is -1.05. The maximum Gasteiger partial charge on any atom is 0.261 e. The van der Waals surface area contributed by atoms with Crippen molar-refractivity contribution in [2.24, 2.45) is 0 Å². The predicted molar refractivity (Wildman–Crippen MR) is 90.6 cm³/mol. The van der Waals surface area contributed by atoms with Crippen molar-refractivity contribution in [3.63, 3.8) is 0 Å². The van der Waals surface area contributed by atoms with Crippen molar-refractivity contribution >= 4 is 47.6 Å². The fourth-order valence-electron chi connectivity index (χ4n) is 1.70. The quantitative estimate of drug-likeness (QED) is 0.719. The van der Waals surface area contributed by atoms with Crippen LogP contribution < -0.4 is 9.46 Å². The van der Waals surface area contributed by atoms with Crippen LogP contribution in [0.5, 0.6) is 5.75 Å². The third-order valence-corrected chi connectivity index (χ3v) is 5.46. The molecule has 1 N–H and O–H groups in total. The highest BCUT2D eigenvalue weighted by atomic mass is 79.9. The van der Waals surface area contributed by atoms with Crippen LogP contribution in [0.4, 0.5) is 5.69 Å². The van der Waals surface area contributed by atoms with Crippen LogP contribution >= 0.6 is 31.9 Å². The molecule has 4 nitrogen and oxygen atoms in total. The molecule has 7 heteroatoms. The maximum atomic E-state index is 12.3. The van der Waals surface area contributed by atoms with Crippen molar-refractivity contribution in [3.05, 3.63) is 52.5 Å². The van der Waals surface area contributed by atoms with Crippen molar-refractivity contribution in [2.45, 2.75) is 10.2 Å². The van der Waals surface area contributed by atoms with Gasteiger partial charge in [-0.15, -0.1) is 0 Å². The van der Waals surface area contributed by atoms with Gasteiger partial charge in [0.15, 0.2) is 0 Å². The molecular formula is C14H13Br2NO3S. The van der Waals surface area contributed by atoms with E-state index in [0.717, 1.165) is 5.56 Å². The third kappa shape index (κ3) is 3.99. The Labute approximate surface area is 140 Å². The van der Waals surface area contributed by atoms with E-state index in [2.05, 4.69) is 36.6 Å². The Morgan fingerprint density at radius 1 is 1.14 bits per heavy atom. The minimum atomic E-state index is -3.60. The summed E-state index contributed by atoms with van der Waals surface area (Å²) in [5, 5.41) is 0.687. The van der Waals surface area contributed by atoms with Gasteiger partial charge in [0, 0.05) is 5.33 Å². The molecule has 2 aromatic carbocycles. The summed E-state index contributed by atoms with van der Waals surface area (Å²) in [6, 6.07) is 11.7. The van der Waals surface area contributed by atoms with Gasteiger partial charge in [0.1, 0.15) is 5.75 Å². The van der Waals surface area contributed by atoms with Crippen LogP contribution in [0.25, 0.3) is 0 Å². The molecule has 21 heavy (non-hydrogen) atoms. The van der Waals surface area contributed by atoms with Crippen molar-refractivity contribution in [2.75, 3.05) is 11.8 Å². The van der Waals surface area contributed by atoms with Crippen LogP contribution in [0.15, 0.2) is 51.8 Å². The van der Waals surface area contributed by atoms with Gasteiger partial charge in [-0.05, 0) is 51.8 Å². The molecule has 0 radical (unpaired) electrons. The summed E-state index contributed by atoms with van der Waals surface area (Å²) in [6.45, 7) is 0. The SMILES string of the molecule is COc1ccc(NS(=O)(=O)c2ccc(CBr)cc2)cc1Br. The van der Waals surface area contributed by atoms with E-state index < -0.39 is 10.0 Å². The topological polar surface area (TPSA) is 55.4 Å². The second kappa shape index (κ2) is 6.81. The summed E-state index contributed by atoms with van der Waals surface area (Å²) in [4.78, 5) is 0.221. The number of alkyl halides is 1. The molecule has 2 rings (SSSR count). The van der Waals surface area contributed by atoms with Gasteiger partial charge >= 0.3 is 0 Å². The van der Waals surface area contributed by atoms with Crippen LogP contribution in [0.1, 0.15) is 5.56 Å². The highest BCUT2D eigenvalue weighted by Gasteiger charge is 2.14. The molecule has 0 saturated carbocycles. The number of ether oxygens (including phenoxy) is 1. The molecule has 0 fully saturated rings. The number of sulfonamides is 1. The van der Waals surface area contributed by atoms with Gasteiger partial charge in [0.25, 0.3) is 10.0 Å². The number of nitrogens with one attached hydrogen (secondary N) is 1. The maximum absolute atomic E-state index is 12.3. The lowest BCUT2D eigenvalue weighted by molar-refractivity contribution is 0.412. The van der Waals surface area contributed by atoms with E-state index in [9.17, 15) is 8.42 Å². The Morgan fingerprint density at radius 3 is 2.33 bits per heavy atom. The van der Waals surface area contributed by atoms with Gasteiger partial charge in [0.05, 0.1) is 22.2 Å². The second-order valence-electron chi connectivity index (χ2n) is 4.23. The highest BCUT2D eigenvalue weighted by Crippen LogP contribution is 2.28. The molecule has 0 bridgehead atoms. The first-order valence-corrected chi connectivity index (χ1v) is 9.37. The fraction of sp³-hybridized carbons (Fsp3) is 0.143. The lowest BCUT2D eigenvalue weighted by Gasteiger charge is -2.10. The standard InChI is InChI=1S/C14H13Br2NO3S/c1-20-14-7-4-11(8-13(14)16)17-21(18,19)12-5-2-10(9-15)3-6-12/h2-8,17H,9H2,1H3. The molecule has 2 aromatic rings. The summed E-state index contributed by atoms with van der Waals surface area (Å²) in [5.74, 6) is 0.639. The minimum Gasteiger partial charge on any atom is -0.496 e. The Kier molecular flexibility index (Phi) is 5.29.